The molecule has 3 N–H and O–H groups in total. The summed E-state index contributed by atoms with van der Waals surface area (Å²) < 4.78 is 27.1. The minimum absolute atomic E-state index is 0.316. The summed E-state index contributed by atoms with van der Waals surface area (Å²) in [6, 6.07) is 1.64. The molecule has 0 aliphatic rings. The second-order valence-corrected chi connectivity index (χ2v) is 7.00. The van der Waals surface area contributed by atoms with Gasteiger partial charge in [-0.05, 0) is 25.8 Å². The van der Waals surface area contributed by atoms with E-state index in [0.717, 1.165) is 17.7 Å². The van der Waals surface area contributed by atoms with Gasteiger partial charge in [0, 0.05) is 22.3 Å². The van der Waals surface area contributed by atoms with Gasteiger partial charge in [-0.2, -0.15) is 0 Å². The van der Waals surface area contributed by atoms with Crippen molar-refractivity contribution in [3.63, 3.8) is 0 Å². The zero-order valence-electron chi connectivity index (χ0n) is 10.5. The molecular weight excluding hydrogens is 256 g/mol. The van der Waals surface area contributed by atoms with E-state index < -0.39 is 10.0 Å². The smallest absolute Gasteiger partial charge is 0.241 e. The van der Waals surface area contributed by atoms with Crippen LogP contribution in [0.5, 0.6) is 0 Å². The standard InChI is InChI=1S/C11H20N2O2S2/c1-4-11(3,5-2)13-17(14,15)10-6-9(7-12)16-8-10/h6,8,13H,4-5,7,12H2,1-3H3. The van der Waals surface area contributed by atoms with Crippen LogP contribution in [-0.2, 0) is 16.6 Å². The van der Waals surface area contributed by atoms with Gasteiger partial charge >= 0.3 is 0 Å². The van der Waals surface area contributed by atoms with Crippen LogP contribution in [0, 0.1) is 0 Å². The van der Waals surface area contributed by atoms with E-state index in [9.17, 15) is 8.42 Å². The third-order valence-electron chi connectivity index (χ3n) is 3.08. The van der Waals surface area contributed by atoms with E-state index in [0.29, 0.717) is 11.4 Å². The predicted molar refractivity (Wildman–Crippen MR) is 71.5 cm³/mol. The molecule has 0 aliphatic carbocycles. The number of thiophene rings is 1. The molecule has 17 heavy (non-hydrogen) atoms. The first-order valence-electron chi connectivity index (χ1n) is 5.68. The fourth-order valence-electron chi connectivity index (χ4n) is 1.39. The van der Waals surface area contributed by atoms with Crippen LogP contribution < -0.4 is 10.5 Å². The normalized spacial score (nSPS) is 12.9. The van der Waals surface area contributed by atoms with Crippen molar-refractivity contribution < 1.29 is 8.42 Å². The summed E-state index contributed by atoms with van der Waals surface area (Å²) in [4.78, 5) is 1.19. The van der Waals surface area contributed by atoms with Gasteiger partial charge in [-0.1, -0.05) is 13.8 Å². The first-order valence-corrected chi connectivity index (χ1v) is 8.04. The number of rotatable bonds is 6. The molecule has 0 amide bonds. The average molecular weight is 276 g/mol. The Balaban J connectivity index is 2.96. The minimum atomic E-state index is -3.43. The molecule has 0 fully saturated rings. The van der Waals surface area contributed by atoms with Crippen LogP contribution in [0.15, 0.2) is 16.3 Å². The molecule has 6 heteroatoms. The van der Waals surface area contributed by atoms with Gasteiger partial charge in [-0.15, -0.1) is 11.3 Å². The van der Waals surface area contributed by atoms with E-state index in [-0.39, 0.29) is 5.54 Å². The van der Waals surface area contributed by atoms with Crippen LogP contribution in [0.25, 0.3) is 0 Å². The van der Waals surface area contributed by atoms with Crippen molar-refractivity contribution >= 4 is 21.4 Å². The Hall–Kier alpha value is -0.430. The van der Waals surface area contributed by atoms with Crippen molar-refractivity contribution in [3.05, 3.63) is 16.3 Å². The van der Waals surface area contributed by atoms with Gasteiger partial charge in [-0.3, -0.25) is 0 Å². The van der Waals surface area contributed by atoms with Crippen molar-refractivity contribution in [1.29, 1.82) is 0 Å². The molecule has 98 valence electrons. The van der Waals surface area contributed by atoms with Gasteiger partial charge in [0.15, 0.2) is 0 Å². The van der Waals surface area contributed by atoms with Gasteiger partial charge in [0.05, 0.1) is 4.90 Å². The Labute approximate surface area is 107 Å². The maximum atomic E-state index is 12.1. The Morgan fingerprint density at radius 2 is 2.00 bits per heavy atom. The zero-order valence-corrected chi connectivity index (χ0v) is 12.1. The summed E-state index contributed by atoms with van der Waals surface area (Å²) >= 11 is 1.37. The third kappa shape index (κ3) is 3.51. The first kappa shape index (κ1) is 14.6. The molecule has 1 heterocycles. The number of nitrogens with two attached hydrogens (primary N) is 1. The Kier molecular flexibility index (Phi) is 4.71. The van der Waals surface area contributed by atoms with Crippen molar-refractivity contribution in [1.82, 2.24) is 4.72 Å². The summed E-state index contributed by atoms with van der Waals surface area (Å²) in [6.45, 7) is 6.25. The van der Waals surface area contributed by atoms with Gasteiger partial charge in [0.2, 0.25) is 10.0 Å². The fraction of sp³-hybridized carbons (Fsp3) is 0.636. The van der Waals surface area contributed by atoms with Crippen LogP contribution in [0.4, 0.5) is 0 Å². The predicted octanol–water partition coefficient (Wildman–Crippen LogP) is 2.06. The van der Waals surface area contributed by atoms with E-state index in [2.05, 4.69) is 4.72 Å². The number of hydrogen-bond donors (Lipinski definition) is 2. The second-order valence-electron chi connectivity index (χ2n) is 4.33. The third-order valence-corrected chi connectivity index (χ3v) is 5.81. The van der Waals surface area contributed by atoms with Crippen molar-refractivity contribution in [2.24, 2.45) is 5.73 Å². The zero-order chi connectivity index (χ0) is 13.1. The highest BCUT2D eigenvalue weighted by molar-refractivity contribution is 7.89. The van der Waals surface area contributed by atoms with Gasteiger partial charge in [-0.25, -0.2) is 13.1 Å². The van der Waals surface area contributed by atoms with Gasteiger partial charge in [0.1, 0.15) is 0 Å². The lowest BCUT2D eigenvalue weighted by Crippen LogP contribution is -2.44. The molecule has 0 spiro atoms. The van der Waals surface area contributed by atoms with Crippen LogP contribution in [0.1, 0.15) is 38.5 Å². The summed E-state index contributed by atoms with van der Waals surface area (Å²) in [7, 11) is -3.43. The molecular formula is C11H20N2O2S2. The van der Waals surface area contributed by atoms with Crippen molar-refractivity contribution in [3.8, 4) is 0 Å². The summed E-state index contributed by atoms with van der Waals surface area (Å²) in [5, 5.41) is 1.64. The topological polar surface area (TPSA) is 72.2 Å². The highest BCUT2D eigenvalue weighted by Gasteiger charge is 2.27. The summed E-state index contributed by atoms with van der Waals surface area (Å²) in [5.74, 6) is 0. The van der Waals surface area contributed by atoms with E-state index >= 15 is 0 Å². The molecule has 0 bridgehead atoms. The molecule has 4 nitrogen and oxygen atoms in total. The van der Waals surface area contributed by atoms with Crippen LogP contribution >= 0.6 is 11.3 Å². The molecule has 1 aromatic heterocycles. The van der Waals surface area contributed by atoms with Gasteiger partial charge in [0.25, 0.3) is 0 Å². The monoisotopic (exact) mass is 276 g/mol. The molecule has 0 atom stereocenters. The van der Waals surface area contributed by atoms with Crippen molar-refractivity contribution in [2.75, 3.05) is 0 Å². The van der Waals surface area contributed by atoms with E-state index in [1.807, 2.05) is 20.8 Å². The first-order chi connectivity index (χ1) is 7.87. The van der Waals surface area contributed by atoms with E-state index in [1.165, 1.54) is 11.3 Å². The summed E-state index contributed by atoms with van der Waals surface area (Å²) in [6.07, 6.45) is 1.52. The SMILES string of the molecule is CCC(C)(CC)NS(=O)(=O)c1csc(CN)c1. The molecule has 0 saturated heterocycles. The average Bonchev–Trinajstić information content (AvgIpc) is 2.77. The largest absolute Gasteiger partial charge is 0.326 e. The molecule has 0 saturated carbocycles. The molecule has 0 unspecified atom stereocenters. The molecule has 1 aromatic rings. The summed E-state index contributed by atoms with van der Waals surface area (Å²) in [5.41, 5.74) is 5.10. The minimum Gasteiger partial charge on any atom is -0.326 e. The van der Waals surface area contributed by atoms with E-state index in [1.54, 1.807) is 11.4 Å². The van der Waals surface area contributed by atoms with Gasteiger partial charge < -0.3 is 5.73 Å². The quantitative estimate of drug-likeness (QED) is 0.835. The highest BCUT2D eigenvalue weighted by Crippen LogP contribution is 2.22. The fourth-order valence-corrected chi connectivity index (χ4v) is 4.09. The number of sulfonamides is 1. The lowest BCUT2D eigenvalue weighted by Gasteiger charge is -2.27. The lowest BCUT2D eigenvalue weighted by molar-refractivity contribution is 0.389. The van der Waals surface area contributed by atoms with Crippen LogP contribution in [-0.4, -0.2) is 14.0 Å². The Morgan fingerprint density at radius 3 is 2.41 bits per heavy atom. The maximum absolute atomic E-state index is 12.1. The highest BCUT2D eigenvalue weighted by atomic mass is 32.2. The molecule has 0 radical (unpaired) electrons. The van der Waals surface area contributed by atoms with Crippen molar-refractivity contribution in [2.45, 2.75) is 50.6 Å². The molecule has 0 aliphatic heterocycles. The Morgan fingerprint density at radius 1 is 1.41 bits per heavy atom. The maximum Gasteiger partial charge on any atom is 0.241 e. The lowest BCUT2D eigenvalue weighted by atomic mass is 9.98. The second kappa shape index (κ2) is 5.48. The molecule has 0 aromatic carbocycles. The molecule has 1 rings (SSSR count). The van der Waals surface area contributed by atoms with Crippen LogP contribution in [0.2, 0.25) is 0 Å². The van der Waals surface area contributed by atoms with E-state index in [4.69, 9.17) is 5.73 Å². The van der Waals surface area contributed by atoms with Crippen LogP contribution in [0.3, 0.4) is 0 Å². The Bertz CT molecular complexity index is 462. The number of nitrogens with one attached hydrogen (secondary N) is 1. The number of hydrogen-bond acceptors (Lipinski definition) is 4.